The molecule has 2 rings (SSSR count). The van der Waals surface area contributed by atoms with E-state index in [1.807, 2.05) is 0 Å². The van der Waals surface area contributed by atoms with E-state index in [1.54, 1.807) is 0 Å². The molecule has 1 aromatic carbocycles. The summed E-state index contributed by atoms with van der Waals surface area (Å²) in [7, 11) is 0. The molecule has 0 aliphatic carbocycles. The lowest BCUT2D eigenvalue weighted by Crippen LogP contribution is -2.47. The van der Waals surface area contributed by atoms with Crippen LogP contribution in [0.5, 0.6) is 0 Å². The first-order valence-electron chi connectivity index (χ1n) is 4.76. The van der Waals surface area contributed by atoms with Gasteiger partial charge in [0, 0.05) is 24.1 Å². The van der Waals surface area contributed by atoms with Gasteiger partial charge in [-0.1, -0.05) is 22.0 Å². The average Bonchev–Trinajstić information content (AvgIpc) is 1.99. The Balaban J connectivity index is 2.02. The van der Waals surface area contributed by atoms with Crippen LogP contribution >= 0.6 is 15.9 Å². The number of alkyl halides is 1. The summed E-state index contributed by atoms with van der Waals surface area (Å²) >= 11 is 3.46. The summed E-state index contributed by atoms with van der Waals surface area (Å²) in [6.07, 6.45) is -0.608. The molecule has 0 bridgehead atoms. The summed E-state index contributed by atoms with van der Waals surface area (Å²) in [5, 5.41) is 0. The Morgan fingerprint density at radius 3 is 2.71 bits per heavy atom. The highest BCUT2D eigenvalue weighted by atomic mass is 79.9. The van der Waals surface area contributed by atoms with Crippen molar-refractivity contribution < 1.29 is 4.39 Å². The number of likely N-dealkylation sites (tertiary alicyclic amines) is 1. The molecule has 0 N–H and O–H groups in total. The van der Waals surface area contributed by atoms with Crippen LogP contribution in [0, 0.1) is 6.92 Å². The molecule has 1 aliphatic rings. The number of halogens is 2. The Labute approximate surface area is 92.0 Å². The first-order valence-corrected chi connectivity index (χ1v) is 5.55. The normalized spacial score (nSPS) is 18.2. The summed E-state index contributed by atoms with van der Waals surface area (Å²) in [6.45, 7) is 4.11. The van der Waals surface area contributed by atoms with Crippen molar-refractivity contribution in [2.75, 3.05) is 13.1 Å². The Morgan fingerprint density at radius 2 is 2.14 bits per heavy atom. The van der Waals surface area contributed by atoms with Gasteiger partial charge < -0.3 is 0 Å². The molecular weight excluding hydrogens is 245 g/mol. The van der Waals surface area contributed by atoms with Gasteiger partial charge in [0.15, 0.2) is 0 Å². The van der Waals surface area contributed by atoms with Crippen molar-refractivity contribution in [1.29, 1.82) is 0 Å². The Bertz CT molecular complexity index is 314. The number of nitrogens with zero attached hydrogens (tertiary/aromatic N) is 1. The van der Waals surface area contributed by atoms with Crippen molar-refractivity contribution in [2.45, 2.75) is 19.6 Å². The van der Waals surface area contributed by atoms with Gasteiger partial charge in [0.05, 0.1) is 0 Å². The van der Waals surface area contributed by atoms with Crippen molar-refractivity contribution in [3.8, 4) is 0 Å². The molecular formula is C11H13BrFN. The first kappa shape index (κ1) is 10.1. The second-order valence-electron chi connectivity index (χ2n) is 3.93. The number of benzene rings is 1. The van der Waals surface area contributed by atoms with E-state index >= 15 is 0 Å². The molecule has 1 nitrogen and oxygen atoms in total. The third kappa shape index (κ3) is 2.34. The summed E-state index contributed by atoms with van der Waals surface area (Å²) in [6, 6.07) is 6.33. The highest BCUT2D eigenvalue weighted by Crippen LogP contribution is 2.19. The Morgan fingerprint density at radius 1 is 1.43 bits per heavy atom. The van der Waals surface area contributed by atoms with Crippen LogP contribution in [-0.4, -0.2) is 24.2 Å². The summed E-state index contributed by atoms with van der Waals surface area (Å²) in [5.74, 6) is 0. The second-order valence-corrected chi connectivity index (χ2v) is 4.84. The highest BCUT2D eigenvalue weighted by Gasteiger charge is 2.25. The standard InChI is InChI=1S/C11H13BrFN/c1-8-2-9(4-10(12)3-8)5-14-6-11(13)7-14/h2-4,11H,5-7H2,1H3. The van der Waals surface area contributed by atoms with Crippen LogP contribution in [0.2, 0.25) is 0 Å². The highest BCUT2D eigenvalue weighted by molar-refractivity contribution is 9.10. The molecule has 0 amide bonds. The zero-order chi connectivity index (χ0) is 10.1. The number of hydrogen-bond donors (Lipinski definition) is 0. The van der Waals surface area contributed by atoms with Crippen LogP contribution in [0.4, 0.5) is 4.39 Å². The molecule has 0 radical (unpaired) electrons. The topological polar surface area (TPSA) is 3.24 Å². The van der Waals surface area contributed by atoms with E-state index in [9.17, 15) is 4.39 Å². The smallest absolute Gasteiger partial charge is 0.125 e. The molecule has 0 atom stereocenters. The molecule has 0 saturated carbocycles. The van der Waals surface area contributed by atoms with Gasteiger partial charge in [-0.15, -0.1) is 0 Å². The van der Waals surface area contributed by atoms with Gasteiger partial charge in [-0.3, -0.25) is 4.90 Å². The van der Waals surface area contributed by atoms with E-state index < -0.39 is 6.17 Å². The summed E-state index contributed by atoms with van der Waals surface area (Å²) in [5.41, 5.74) is 2.50. The Hall–Kier alpha value is -0.410. The number of aryl methyl sites for hydroxylation is 1. The van der Waals surface area contributed by atoms with Crippen molar-refractivity contribution in [3.63, 3.8) is 0 Å². The van der Waals surface area contributed by atoms with Crippen molar-refractivity contribution in [2.24, 2.45) is 0 Å². The van der Waals surface area contributed by atoms with E-state index in [1.165, 1.54) is 11.1 Å². The summed E-state index contributed by atoms with van der Waals surface area (Å²) < 4.78 is 13.7. The average molecular weight is 258 g/mol. The predicted octanol–water partition coefficient (Wildman–Crippen LogP) is 2.91. The fourth-order valence-electron chi connectivity index (χ4n) is 1.80. The second kappa shape index (κ2) is 3.99. The van der Waals surface area contributed by atoms with E-state index in [4.69, 9.17) is 0 Å². The monoisotopic (exact) mass is 257 g/mol. The molecule has 1 aromatic rings. The fraction of sp³-hybridized carbons (Fsp3) is 0.455. The molecule has 1 saturated heterocycles. The molecule has 1 heterocycles. The van der Waals surface area contributed by atoms with Crippen LogP contribution in [0.1, 0.15) is 11.1 Å². The lowest BCUT2D eigenvalue weighted by Gasteiger charge is -2.34. The molecule has 14 heavy (non-hydrogen) atoms. The number of hydrogen-bond acceptors (Lipinski definition) is 1. The zero-order valence-corrected chi connectivity index (χ0v) is 9.72. The quantitative estimate of drug-likeness (QED) is 0.788. The van der Waals surface area contributed by atoms with E-state index in [0.717, 1.165) is 11.0 Å². The van der Waals surface area contributed by atoms with Gasteiger partial charge in [-0.25, -0.2) is 4.39 Å². The van der Waals surface area contributed by atoms with Gasteiger partial charge >= 0.3 is 0 Å². The lowest BCUT2D eigenvalue weighted by molar-refractivity contribution is 0.0591. The van der Waals surface area contributed by atoms with Crippen LogP contribution < -0.4 is 0 Å². The molecule has 1 fully saturated rings. The van der Waals surface area contributed by atoms with Crippen molar-refractivity contribution >= 4 is 15.9 Å². The van der Waals surface area contributed by atoms with Crippen LogP contribution in [0.15, 0.2) is 22.7 Å². The molecule has 76 valence electrons. The first-order chi connectivity index (χ1) is 6.63. The third-order valence-electron chi connectivity index (χ3n) is 2.42. The van der Waals surface area contributed by atoms with Gasteiger partial charge in [0.25, 0.3) is 0 Å². The molecule has 0 aromatic heterocycles. The van der Waals surface area contributed by atoms with Gasteiger partial charge in [-0.05, 0) is 30.2 Å². The largest absolute Gasteiger partial charge is 0.293 e. The maximum Gasteiger partial charge on any atom is 0.125 e. The third-order valence-corrected chi connectivity index (χ3v) is 2.88. The van der Waals surface area contributed by atoms with Crippen LogP contribution in [0.25, 0.3) is 0 Å². The fourth-order valence-corrected chi connectivity index (χ4v) is 2.45. The minimum absolute atomic E-state index is 0.589. The van der Waals surface area contributed by atoms with E-state index in [2.05, 4.69) is 46.0 Å². The lowest BCUT2D eigenvalue weighted by atomic mass is 10.1. The maximum atomic E-state index is 12.6. The van der Waals surface area contributed by atoms with Gasteiger partial charge in [-0.2, -0.15) is 0 Å². The van der Waals surface area contributed by atoms with Gasteiger partial charge in [0.1, 0.15) is 6.17 Å². The summed E-state index contributed by atoms with van der Waals surface area (Å²) in [4.78, 5) is 2.12. The SMILES string of the molecule is Cc1cc(Br)cc(CN2CC(F)C2)c1. The zero-order valence-electron chi connectivity index (χ0n) is 8.13. The molecule has 0 spiro atoms. The van der Waals surface area contributed by atoms with Crippen LogP contribution in [0.3, 0.4) is 0 Å². The molecule has 1 aliphatic heterocycles. The minimum Gasteiger partial charge on any atom is -0.293 e. The number of rotatable bonds is 2. The van der Waals surface area contributed by atoms with Crippen LogP contribution in [-0.2, 0) is 6.54 Å². The van der Waals surface area contributed by atoms with Crippen molar-refractivity contribution in [1.82, 2.24) is 4.90 Å². The van der Waals surface area contributed by atoms with Gasteiger partial charge in [0.2, 0.25) is 0 Å². The Kier molecular flexibility index (Phi) is 2.88. The molecule has 0 unspecified atom stereocenters. The predicted molar refractivity (Wildman–Crippen MR) is 59.1 cm³/mol. The van der Waals surface area contributed by atoms with E-state index in [-0.39, 0.29) is 0 Å². The molecule has 3 heteroatoms. The van der Waals surface area contributed by atoms with Crippen molar-refractivity contribution in [3.05, 3.63) is 33.8 Å². The maximum absolute atomic E-state index is 12.6. The van der Waals surface area contributed by atoms with E-state index in [0.29, 0.717) is 13.1 Å². The minimum atomic E-state index is -0.608.